The van der Waals surface area contributed by atoms with Crippen LogP contribution in [-0.2, 0) is 5.41 Å². The number of rotatable bonds is 4. The highest BCUT2D eigenvalue weighted by Crippen LogP contribution is 2.53. The summed E-state index contributed by atoms with van der Waals surface area (Å²) in [5, 5.41) is 5.12. The molecule has 2 heteroatoms. The molecular weight excluding hydrogens is 563 g/mol. The van der Waals surface area contributed by atoms with Crippen LogP contribution in [0.1, 0.15) is 25.0 Å². The Hall–Kier alpha value is -5.18. The van der Waals surface area contributed by atoms with Gasteiger partial charge in [0.15, 0.2) is 0 Å². The number of thiophene rings is 1. The van der Waals surface area contributed by atoms with Crippen LogP contribution >= 0.6 is 11.3 Å². The molecule has 0 saturated carbocycles. The molecule has 1 nitrogen and oxygen atoms in total. The Labute approximate surface area is 267 Å². The summed E-state index contributed by atoms with van der Waals surface area (Å²) in [5.41, 5.74) is 11.4. The number of fused-ring (bicyclic) bond motifs is 7. The molecule has 1 aliphatic carbocycles. The van der Waals surface area contributed by atoms with Crippen molar-refractivity contribution in [2.45, 2.75) is 19.3 Å². The van der Waals surface area contributed by atoms with E-state index in [1.54, 1.807) is 0 Å². The van der Waals surface area contributed by atoms with E-state index >= 15 is 0 Å². The van der Waals surface area contributed by atoms with Gasteiger partial charge in [-0.25, -0.2) is 0 Å². The Morgan fingerprint density at radius 2 is 1.13 bits per heavy atom. The Morgan fingerprint density at radius 3 is 1.98 bits per heavy atom. The van der Waals surface area contributed by atoms with Crippen molar-refractivity contribution in [3.8, 4) is 22.3 Å². The summed E-state index contributed by atoms with van der Waals surface area (Å²) in [6.07, 6.45) is 0. The van der Waals surface area contributed by atoms with Gasteiger partial charge >= 0.3 is 0 Å². The number of nitrogens with zero attached hydrogens (tertiary/aromatic N) is 1. The fraction of sp³-hybridized carbons (Fsp3) is 0.0698. The van der Waals surface area contributed by atoms with Crippen molar-refractivity contribution in [1.82, 2.24) is 0 Å². The lowest BCUT2D eigenvalue weighted by molar-refractivity contribution is 0.660. The van der Waals surface area contributed by atoms with Crippen molar-refractivity contribution in [3.05, 3.63) is 163 Å². The van der Waals surface area contributed by atoms with Crippen molar-refractivity contribution < 1.29 is 0 Å². The fourth-order valence-electron chi connectivity index (χ4n) is 7.45. The van der Waals surface area contributed by atoms with Crippen molar-refractivity contribution in [3.63, 3.8) is 0 Å². The van der Waals surface area contributed by atoms with Gasteiger partial charge in [0.05, 0.1) is 5.69 Å². The first-order valence-corrected chi connectivity index (χ1v) is 16.4. The fourth-order valence-corrected chi connectivity index (χ4v) is 8.60. The zero-order valence-corrected chi connectivity index (χ0v) is 26.1. The van der Waals surface area contributed by atoms with E-state index in [9.17, 15) is 0 Å². The molecule has 1 aliphatic rings. The van der Waals surface area contributed by atoms with Crippen LogP contribution in [0.2, 0.25) is 0 Å². The first kappa shape index (κ1) is 26.2. The minimum absolute atomic E-state index is 0.0388. The largest absolute Gasteiger partial charge is 0.309 e. The molecule has 0 spiro atoms. The van der Waals surface area contributed by atoms with Gasteiger partial charge in [0, 0.05) is 42.3 Å². The second kappa shape index (κ2) is 9.92. The summed E-state index contributed by atoms with van der Waals surface area (Å²) in [6, 6.07) is 55.9. The molecule has 0 radical (unpaired) electrons. The normalized spacial score (nSPS) is 13.3. The van der Waals surface area contributed by atoms with Gasteiger partial charge in [-0.05, 0) is 75.2 Å². The van der Waals surface area contributed by atoms with E-state index in [1.807, 2.05) is 11.3 Å². The van der Waals surface area contributed by atoms with Crippen LogP contribution in [-0.4, -0.2) is 0 Å². The first-order chi connectivity index (χ1) is 22.1. The van der Waals surface area contributed by atoms with Crippen LogP contribution in [0.25, 0.3) is 53.2 Å². The maximum absolute atomic E-state index is 2.51. The minimum Gasteiger partial charge on any atom is -0.309 e. The summed E-state index contributed by atoms with van der Waals surface area (Å²) < 4.78 is 2.62. The summed E-state index contributed by atoms with van der Waals surface area (Å²) >= 11 is 1.88. The molecule has 0 fully saturated rings. The number of benzene rings is 7. The molecule has 0 atom stereocenters. The van der Waals surface area contributed by atoms with E-state index in [0.29, 0.717) is 0 Å². The predicted molar refractivity (Wildman–Crippen MR) is 195 cm³/mol. The molecule has 0 unspecified atom stereocenters. The van der Waals surface area contributed by atoms with Gasteiger partial charge in [-0.2, -0.15) is 0 Å². The molecule has 0 N–H and O–H groups in total. The van der Waals surface area contributed by atoms with Gasteiger partial charge in [0.2, 0.25) is 0 Å². The smallest absolute Gasteiger partial charge is 0.0633 e. The molecule has 1 heterocycles. The predicted octanol–water partition coefficient (Wildman–Crippen LogP) is 12.7. The second-order valence-electron chi connectivity index (χ2n) is 12.6. The van der Waals surface area contributed by atoms with Crippen LogP contribution in [0.3, 0.4) is 0 Å². The number of hydrogen-bond acceptors (Lipinski definition) is 2. The quantitative estimate of drug-likeness (QED) is 0.196. The molecule has 0 amide bonds. The molecule has 7 aromatic carbocycles. The lowest BCUT2D eigenvalue weighted by Crippen LogP contribution is -2.15. The van der Waals surface area contributed by atoms with E-state index in [1.165, 1.54) is 75.7 Å². The van der Waals surface area contributed by atoms with Crippen LogP contribution in [0.5, 0.6) is 0 Å². The lowest BCUT2D eigenvalue weighted by Gasteiger charge is -2.29. The Morgan fingerprint density at radius 1 is 0.489 bits per heavy atom. The van der Waals surface area contributed by atoms with Crippen molar-refractivity contribution in [2.24, 2.45) is 0 Å². The minimum atomic E-state index is -0.0388. The van der Waals surface area contributed by atoms with E-state index in [2.05, 4.69) is 170 Å². The summed E-state index contributed by atoms with van der Waals surface area (Å²) in [5.74, 6) is 0. The summed E-state index contributed by atoms with van der Waals surface area (Å²) in [6.45, 7) is 4.70. The third-order valence-corrected chi connectivity index (χ3v) is 10.8. The van der Waals surface area contributed by atoms with Crippen molar-refractivity contribution >= 4 is 59.3 Å². The van der Waals surface area contributed by atoms with Gasteiger partial charge in [-0.15, -0.1) is 11.3 Å². The monoisotopic (exact) mass is 593 g/mol. The van der Waals surface area contributed by atoms with Crippen LogP contribution in [0.4, 0.5) is 17.1 Å². The van der Waals surface area contributed by atoms with Gasteiger partial charge in [0.25, 0.3) is 0 Å². The lowest BCUT2D eigenvalue weighted by atomic mass is 9.82. The standard InChI is InChI=1S/C43H31NS/c1-43(2)37-18-10-8-16-34(37)36-27-32(24-25-38(36)43)44(31-22-20-29(21-23-31)28-12-4-3-5-13-28)42-33-15-7-6-14-30(33)26-40-41(42)35-17-9-11-19-39(35)45-40/h3-27H,1-2H3. The molecular formula is C43H31NS. The van der Waals surface area contributed by atoms with Gasteiger partial charge in [-0.3, -0.25) is 0 Å². The molecule has 8 aromatic rings. The second-order valence-corrected chi connectivity index (χ2v) is 13.7. The summed E-state index contributed by atoms with van der Waals surface area (Å²) in [7, 11) is 0. The van der Waals surface area contributed by atoms with Gasteiger partial charge in [0.1, 0.15) is 0 Å². The van der Waals surface area contributed by atoms with Crippen LogP contribution in [0, 0.1) is 0 Å². The molecule has 1 aromatic heterocycles. The Bertz CT molecular complexity index is 2400. The van der Waals surface area contributed by atoms with Crippen LogP contribution in [0.15, 0.2) is 152 Å². The third-order valence-electron chi connectivity index (χ3n) is 9.64. The average molecular weight is 594 g/mol. The maximum Gasteiger partial charge on any atom is 0.0633 e. The van der Waals surface area contributed by atoms with E-state index in [4.69, 9.17) is 0 Å². The van der Waals surface area contributed by atoms with Gasteiger partial charge in [-0.1, -0.05) is 129 Å². The SMILES string of the molecule is CC1(C)c2ccccc2-c2cc(N(c3ccc(-c4ccccc4)cc3)c3c4ccccc4cc4sc5ccccc5c34)ccc21. The number of anilines is 3. The topological polar surface area (TPSA) is 3.24 Å². The molecule has 45 heavy (non-hydrogen) atoms. The van der Waals surface area contributed by atoms with E-state index in [-0.39, 0.29) is 5.41 Å². The maximum atomic E-state index is 2.51. The van der Waals surface area contributed by atoms with Crippen LogP contribution < -0.4 is 4.90 Å². The zero-order valence-electron chi connectivity index (χ0n) is 25.3. The first-order valence-electron chi connectivity index (χ1n) is 15.6. The van der Waals surface area contributed by atoms with Crippen molar-refractivity contribution in [1.29, 1.82) is 0 Å². The highest BCUT2D eigenvalue weighted by Gasteiger charge is 2.35. The van der Waals surface area contributed by atoms with E-state index < -0.39 is 0 Å². The highest BCUT2D eigenvalue weighted by molar-refractivity contribution is 7.26. The Balaban J connectivity index is 1.36. The molecule has 214 valence electrons. The average Bonchev–Trinajstić information content (AvgIpc) is 3.57. The summed E-state index contributed by atoms with van der Waals surface area (Å²) in [4.78, 5) is 2.51. The van der Waals surface area contributed by atoms with E-state index in [0.717, 1.165) is 5.69 Å². The molecule has 0 aliphatic heterocycles. The van der Waals surface area contributed by atoms with Crippen molar-refractivity contribution in [2.75, 3.05) is 4.90 Å². The zero-order chi connectivity index (χ0) is 30.1. The highest BCUT2D eigenvalue weighted by atomic mass is 32.1. The Kier molecular flexibility index (Phi) is 5.78. The molecule has 0 saturated heterocycles. The number of hydrogen-bond donors (Lipinski definition) is 0. The molecule has 9 rings (SSSR count). The molecule has 0 bridgehead atoms. The van der Waals surface area contributed by atoms with Gasteiger partial charge < -0.3 is 4.90 Å². The third kappa shape index (κ3) is 3.99.